The number of nitrogens with one attached hydrogen (secondary N) is 2. The summed E-state index contributed by atoms with van der Waals surface area (Å²) in [6.07, 6.45) is 2.71. The van der Waals surface area contributed by atoms with Crippen LogP contribution in [0, 0.1) is 6.92 Å². The number of fused-ring (bicyclic) bond motifs is 1. The van der Waals surface area contributed by atoms with Crippen molar-refractivity contribution in [3.63, 3.8) is 0 Å². The molecule has 0 radical (unpaired) electrons. The Morgan fingerprint density at radius 2 is 1.96 bits per heavy atom. The lowest BCUT2D eigenvalue weighted by molar-refractivity contribution is 0.140. The van der Waals surface area contributed by atoms with E-state index in [9.17, 15) is 4.79 Å². The van der Waals surface area contributed by atoms with Crippen molar-refractivity contribution in [2.45, 2.75) is 51.3 Å². The van der Waals surface area contributed by atoms with Crippen LogP contribution in [-0.4, -0.2) is 30.9 Å². The van der Waals surface area contributed by atoms with Crippen LogP contribution in [0.4, 0.5) is 4.79 Å². The first-order chi connectivity index (χ1) is 13.5. The van der Waals surface area contributed by atoms with E-state index in [-0.39, 0.29) is 17.7 Å². The molecule has 1 aliphatic heterocycles. The average molecular weight is 380 g/mol. The molecule has 2 N–H and O–H groups in total. The molecule has 1 aliphatic carbocycles. The fourth-order valence-corrected chi connectivity index (χ4v) is 4.09. The summed E-state index contributed by atoms with van der Waals surface area (Å²) in [5, 5.41) is 6.17. The number of amides is 2. The molecule has 0 saturated carbocycles. The zero-order valence-corrected chi connectivity index (χ0v) is 16.6. The summed E-state index contributed by atoms with van der Waals surface area (Å²) in [6.45, 7) is 5.94. The van der Waals surface area contributed by atoms with E-state index in [1.807, 2.05) is 25.1 Å². The second-order valence-corrected chi connectivity index (χ2v) is 8.21. The number of aryl methyl sites for hydroxylation is 1. The third kappa shape index (κ3) is 4.30. The van der Waals surface area contributed by atoms with E-state index in [1.54, 1.807) is 0 Å². The molecule has 0 aromatic heterocycles. The Kier molecular flexibility index (Phi) is 5.27. The molecule has 1 atom stereocenters. The van der Waals surface area contributed by atoms with Crippen LogP contribution in [-0.2, 0) is 24.1 Å². The summed E-state index contributed by atoms with van der Waals surface area (Å²) in [4.78, 5) is 12.6. The van der Waals surface area contributed by atoms with Gasteiger partial charge < -0.3 is 20.1 Å². The zero-order valence-electron chi connectivity index (χ0n) is 16.6. The molecular formula is C23H28N2O3. The highest BCUT2D eigenvalue weighted by molar-refractivity contribution is 5.75. The monoisotopic (exact) mass is 380 g/mol. The molecule has 5 nitrogen and oxygen atoms in total. The molecule has 5 heteroatoms. The van der Waals surface area contributed by atoms with E-state index >= 15 is 0 Å². The number of hydrogen-bond acceptors (Lipinski definition) is 3. The van der Waals surface area contributed by atoms with Crippen molar-refractivity contribution in [2.24, 2.45) is 0 Å². The van der Waals surface area contributed by atoms with Gasteiger partial charge in [0, 0.05) is 24.1 Å². The molecule has 1 saturated heterocycles. The SMILES string of the molecule is Cc1ccc(CNC(=O)NC2(C)Cc3ccccc3C2)c(OC2CCOC2)c1. The van der Waals surface area contributed by atoms with Crippen LogP contribution in [0.2, 0.25) is 0 Å². The Balaban J connectivity index is 1.36. The molecule has 0 bridgehead atoms. The number of hydrogen-bond donors (Lipinski definition) is 2. The van der Waals surface area contributed by atoms with Crippen molar-refractivity contribution >= 4 is 6.03 Å². The summed E-state index contributed by atoms with van der Waals surface area (Å²) >= 11 is 0. The van der Waals surface area contributed by atoms with Gasteiger partial charge in [-0.3, -0.25) is 0 Å². The van der Waals surface area contributed by atoms with Crippen molar-refractivity contribution in [1.82, 2.24) is 10.6 Å². The minimum absolute atomic E-state index is 0.0882. The quantitative estimate of drug-likeness (QED) is 0.834. The number of carbonyl (C=O) groups excluding carboxylic acids is 1. The summed E-state index contributed by atoms with van der Waals surface area (Å²) in [6, 6.07) is 14.3. The van der Waals surface area contributed by atoms with Crippen LogP contribution in [0.1, 0.15) is 35.6 Å². The molecule has 2 aromatic carbocycles. The molecule has 0 spiro atoms. The van der Waals surface area contributed by atoms with Crippen molar-refractivity contribution in [3.05, 3.63) is 64.7 Å². The molecule has 148 valence electrons. The maximum Gasteiger partial charge on any atom is 0.315 e. The number of carbonyl (C=O) groups is 1. The Labute approximate surface area is 166 Å². The van der Waals surface area contributed by atoms with Gasteiger partial charge in [0.2, 0.25) is 0 Å². The first-order valence-corrected chi connectivity index (χ1v) is 9.97. The van der Waals surface area contributed by atoms with Gasteiger partial charge in [-0.15, -0.1) is 0 Å². The van der Waals surface area contributed by atoms with Gasteiger partial charge in [0.1, 0.15) is 11.9 Å². The van der Waals surface area contributed by atoms with E-state index in [4.69, 9.17) is 9.47 Å². The predicted molar refractivity (Wildman–Crippen MR) is 109 cm³/mol. The second kappa shape index (κ2) is 7.84. The second-order valence-electron chi connectivity index (χ2n) is 8.21. The van der Waals surface area contributed by atoms with Gasteiger partial charge in [0.15, 0.2) is 0 Å². The van der Waals surface area contributed by atoms with Gasteiger partial charge >= 0.3 is 6.03 Å². The Morgan fingerprint density at radius 3 is 2.64 bits per heavy atom. The molecule has 4 rings (SSSR count). The molecular weight excluding hydrogens is 352 g/mol. The lowest BCUT2D eigenvalue weighted by atomic mass is 9.99. The Hall–Kier alpha value is -2.53. The van der Waals surface area contributed by atoms with E-state index in [2.05, 4.69) is 41.8 Å². The van der Waals surface area contributed by atoms with E-state index < -0.39 is 0 Å². The van der Waals surface area contributed by atoms with E-state index in [0.717, 1.165) is 42.7 Å². The van der Waals surface area contributed by atoms with E-state index in [0.29, 0.717) is 13.2 Å². The zero-order chi connectivity index (χ0) is 19.6. The van der Waals surface area contributed by atoms with Gasteiger partial charge in [0.25, 0.3) is 0 Å². The minimum atomic E-state index is -0.248. The molecule has 1 fully saturated rings. The van der Waals surface area contributed by atoms with Crippen molar-refractivity contribution in [1.29, 1.82) is 0 Å². The number of ether oxygens (including phenoxy) is 2. The molecule has 1 heterocycles. The maximum absolute atomic E-state index is 12.6. The van der Waals surface area contributed by atoms with Gasteiger partial charge in [0.05, 0.1) is 13.2 Å². The van der Waals surface area contributed by atoms with Crippen LogP contribution < -0.4 is 15.4 Å². The van der Waals surface area contributed by atoms with Gasteiger partial charge in [-0.2, -0.15) is 0 Å². The fourth-order valence-electron chi connectivity index (χ4n) is 4.09. The van der Waals surface area contributed by atoms with Crippen molar-refractivity contribution in [2.75, 3.05) is 13.2 Å². The number of rotatable bonds is 5. The molecule has 2 aromatic rings. The average Bonchev–Trinajstić information content (AvgIpc) is 3.27. The van der Waals surface area contributed by atoms with Crippen LogP contribution in [0.3, 0.4) is 0 Å². The molecule has 2 aliphatic rings. The van der Waals surface area contributed by atoms with Crippen LogP contribution in [0.25, 0.3) is 0 Å². The third-order valence-electron chi connectivity index (χ3n) is 5.54. The normalized spacial score (nSPS) is 19.9. The number of benzene rings is 2. The minimum Gasteiger partial charge on any atom is -0.488 e. The van der Waals surface area contributed by atoms with Crippen LogP contribution in [0.15, 0.2) is 42.5 Å². The smallest absolute Gasteiger partial charge is 0.315 e. The third-order valence-corrected chi connectivity index (χ3v) is 5.54. The standard InChI is InChI=1S/C23H28N2O3/c1-16-7-8-19(21(11-16)28-20-9-10-27-15-20)14-24-22(26)25-23(2)12-17-5-3-4-6-18(17)13-23/h3-8,11,20H,9-10,12-15H2,1-2H3,(H2,24,25,26). The lowest BCUT2D eigenvalue weighted by Gasteiger charge is -2.26. The van der Waals surface area contributed by atoms with Crippen molar-refractivity contribution < 1.29 is 14.3 Å². The summed E-state index contributed by atoms with van der Waals surface area (Å²) in [5.41, 5.74) is 4.50. The Morgan fingerprint density at radius 1 is 1.21 bits per heavy atom. The maximum atomic E-state index is 12.6. The highest BCUT2D eigenvalue weighted by Crippen LogP contribution is 2.29. The molecule has 2 amide bonds. The van der Waals surface area contributed by atoms with Gasteiger partial charge in [-0.25, -0.2) is 4.79 Å². The Bertz CT molecular complexity index is 834. The fraction of sp³-hybridized carbons (Fsp3) is 0.435. The van der Waals surface area contributed by atoms with Gasteiger partial charge in [-0.1, -0.05) is 36.4 Å². The van der Waals surface area contributed by atoms with Crippen molar-refractivity contribution in [3.8, 4) is 5.75 Å². The highest BCUT2D eigenvalue weighted by Gasteiger charge is 2.33. The lowest BCUT2D eigenvalue weighted by Crippen LogP contribution is -2.50. The first kappa shape index (κ1) is 18.8. The molecule has 1 unspecified atom stereocenters. The van der Waals surface area contributed by atoms with E-state index in [1.165, 1.54) is 11.1 Å². The van der Waals surface area contributed by atoms with Crippen LogP contribution in [0.5, 0.6) is 5.75 Å². The summed E-state index contributed by atoms with van der Waals surface area (Å²) in [5.74, 6) is 0.829. The van der Waals surface area contributed by atoms with Gasteiger partial charge in [-0.05, 0) is 49.4 Å². The summed E-state index contributed by atoms with van der Waals surface area (Å²) < 4.78 is 11.5. The highest BCUT2D eigenvalue weighted by atomic mass is 16.5. The predicted octanol–water partition coefficient (Wildman–Crippen LogP) is 3.52. The largest absolute Gasteiger partial charge is 0.488 e. The topological polar surface area (TPSA) is 59.6 Å². The first-order valence-electron chi connectivity index (χ1n) is 9.97. The molecule has 28 heavy (non-hydrogen) atoms. The van der Waals surface area contributed by atoms with Crippen LogP contribution >= 0.6 is 0 Å². The summed E-state index contributed by atoms with van der Waals surface area (Å²) in [7, 11) is 0. The number of urea groups is 1.